The lowest BCUT2D eigenvalue weighted by Crippen LogP contribution is -2.50. The van der Waals surface area contributed by atoms with Gasteiger partial charge in [-0.15, -0.1) is 0 Å². The van der Waals surface area contributed by atoms with E-state index in [0.29, 0.717) is 22.7 Å². The molecule has 2 nitrogen and oxygen atoms in total. The predicted octanol–water partition coefficient (Wildman–Crippen LogP) is 6.23. The number of hydrogen-bond donors (Lipinski definition) is 1. The van der Waals surface area contributed by atoms with Crippen LogP contribution in [0.3, 0.4) is 0 Å². The topological polar surface area (TPSA) is 37.3 Å². The predicted molar refractivity (Wildman–Crippen MR) is 106 cm³/mol. The number of carboxylic acids is 1. The van der Waals surface area contributed by atoms with Gasteiger partial charge in [0.05, 0.1) is 0 Å². The Morgan fingerprint density at radius 2 is 2.00 bits per heavy atom. The van der Waals surface area contributed by atoms with Gasteiger partial charge in [0, 0.05) is 6.08 Å². The zero-order chi connectivity index (χ0) is 18.5. The molecule has 0 bridgehead atoms. The third-order valence-corrected chi connectivity index (χ3v) is 9.28. The first-order chi connectivity index (χ1) is 12.4. The minimum absolute atomic E-state index is 0.377. The molecule has 4 rings (SSSR count). The van der Waals surface area contributed by atoms with Crippen LogP contribution in [0.2, 0.25) is 0 Å². The van der Waals surface area contributed by atoms with Crippen molar-refractivity contribution in [1.29, 1.82) is 0 Å². The molecule has 0 aliphatic heterocycles. The second kappa shape index (κ2) is 6.53. The van der Waals surface area contributed by atoms with E-state index in [1.165, 1.54) is 63.9 Å². The first-order valence-corrected chi connectivity index (χ1v) is 11.0. The number of allylic oxidation sites excluding steroid dienone is 3. The first kappa shape index (κ1) is 18.3. The Balaban J connectivity index is 1.57. The molecule has 0 aromatic heterocycles. The van der Waals surface area contributed by atoms with Crippen molar-refractivity contribution in [2.75, 3.05) is 0 Å². The zero-order valence-electron chi connectivity index (χ0n) is 16.8. The molecule has 0 spiro atoms. The summed E-state index contributed by atoms with van der Waals surface area (Å²) in [5.41, 5.74) is 2.69. The van der Waals surface area contributed by atoms with Crippen LogP contribution in [0.25, 0.3) is 0 Å². The summed E-state index contributed by atoms with van der Waals surface area (Å²) in [5, 5.41) is 9.00. The third kappa shape index (κ3) is 2.70. The Labute approximate surface area is 159 Å². The summed E-state index contributed by atoms with van der Waals surface area (Å²) in [6.45, 7) is 7.38. The van der Waals surface area contributed by atoms with E-state index in [1.807, 2.05) is 6.08 Å². The van der Waals surface area contributed by atoms with Gasteiger partial charge < -0.3 is 5.11 Å². The van der Waals surface area contributed by atoms with Crippen molar-refractivity contribution in [3.05, 3.63) is 23.8 Å². The molecule has 0 radical (unpaired) electrons. The van der Waals surface area contributed by atoms with Gasteiger partial charge in [0.2, 0.25) is 0 Å². The molecule has 4 aliphatic rings. The second-order valence-electron chi connectivity index (χ2n) is 10.2. The quantitative estimate of drug-likeness (QED) is 0.480. The largest absolute Gasteiger partial charge is 0.478 e. The number of carboxylic acid groups (broad SMARTS) is 1. The Kier molecular flexibility index (Phi) is 4.60. The zero-order valence-corrected chi connectivity index (χ0v) is 16.8. The van der Waals surface area contributed by atoms with Crippen LogP contribution in [-0.4, -0.2) is 11.1 Å². The van der Waals surface area contributed by atoms with Crippen LogP contribution in [0.1, 0.15) is 78.6 Å². The van der Waals surface area contributed by atoms with Crippen LogP contribution < -0.4 is 0 Å². The van der Waals surface area contributed by atoms with Crippen LogP contribution in [-0.2, 0) is 4.79 Å². The van der Waals surface area contributed by atoms with E-state index in [4.69, 9.17) is 5.11 Å². The number of carbonyl (C=O) groups is 1. The molecule has 7 atom stereocenters. The lowest BCUT2D eigenvalue weighted by Gasteiger charge is -2.58. The molecule has 0 heterocycles. The average Bonchev–Trinajstić information content (AvgIpc) is 2.96. The maximum atomic E-state index is 10.9. The summed E-state index contributed by atoms with van der Waals surface area (Å²) in [7, 11) is 0. The molecule has 0 aromatic carbocycles. The Hall–Kier alpha value is -1.05. The van der Waals surface area contributed by atoms with E-state index < -0.39 is 5.97 Å². The minimum atomic E-state index is -0.808. The molecule has 3 saturated carbocycles. The van der Waals surface area contributed by atoms with Gasteiger partial charge in [0.1, 0.15) is 0 Å². The van der Waals surface area contributed by atoms with E-state index in [1.54, 1.807) is 5.57 Å². The summed E-state index contributed by atoms with van der Waals surface area (Å²) in [4.78, 5) is 10.9. The van der Waals surface area contributed by atoms with Gasteiger partial charge in [-0.3, -0.25) is 0 Å². The highest BCUT2D eigenvalue weighted by Crippen LogP contribution is 2.67. The van der Waals surface area contributed by atoms with Gasteiger partial charge in [0.15, 0.2) is 0 Å². The van der Waals surface area contributed by atoms with Gasteiger partial charge in [-0.25, -0.2) is 4.79 Å². The fourth-order valence-electron chi connectivity index (χ4n) is 8.03. The summed E-state index contributed by atoms with van der Waals surface area (Å²) in [6, 6.07) is 0. The molecule has 4 aliphatic carbocycles. The second-order valence-corrected chi connectivity index (χ2v) is 10.2. The molecule has 0 aromatic rings. The summed E-state index contributed by atoms with van der Waals surface area (Å²) < 4.78 is 0. The highest BCUT2D eigenvalue weighted by atomic mass is 16.4. The molecule has 0 saturated heterocycles. The van der Waals surface area contributed by atoms with Crippen molar-refractivity contribution in [3.63, 3.8) is 0 Å². The first-order valence-electron chi connectivity index (χ1n) is 11.0. The van der Waals surface area contributed by atoms with E-state index in [2.05, 4.69) is 26.8 Å². The molecule has 0 unspecified atom stereocenters. The molecular weight excluding hydrogens is 320 g/mol. The normalized spacial score (nSPS) is 46.2. The molecule has 0 amide bonds. The monoisotopic (exact) mass is 356 g/mol. The lowest BCUT2D eigenvalue weighted by molar-refractivity contribution is -0.131. The molecule has 26 heavy (non-hydrogen) atoms. The molecule has 144 valence electrons. The van der Waals surface area contributed by atoms with Gasteiger partial charge in [-0.05, 0) is 98.2 Å². The SMILES string of the molecule is C[C@H](C=CC(=O)O)[C@H]1CC[C@H]2[C@@H]3CCC4=CCCC[C@]4(C)[C@H]3CC[C@]12C. The third-order valence-electron chi connectivity index (χ3n) is 9.28. The van der Waals surface area contributed by atoms with Crippen molar-refractivity contribution in [2.24, 2.45) is 40.4 Å². The fraction of sp³-hybridized carbons (Fsp3) is 0.792. The fourth-order valence-corrected chi connectivity index (χ4v) is 8.03. The minimum Gasteiger partial charge on any atom is -0.478 e. The maximum absolute atomic E-state index is 10.9. The van der Waals surface area contributed by atoms with Crippen molar-refractivity contribution in [3.8, 4) is 0 Å². The lowest BCUT2D eigenvalue weighted by atomic mass is 9.46. The molecular formula is C24H36O2. The molecule has 2 heteroatoms. The van der Waals surface area contributed by atoms with E-state index >= 15 is 0 Å². The summed E-state index contributed by atoms with van der Waals surface area (Å²) in [6.07, 6.45) is 18.1. The summed E-state index contributed by atoms with van der Waals surface area (Å²) >= 11 is 0. The van der Waals surface area contributed by atoms with Crippen LogP contribution >= 0.6 is 0 Å². The molecule has 1 N–H and O–H groups in total. The van der Waals surface area contributed by atoms with E-state index in [9.17, 15) is 4.79 Å². The van der Waals surface area contributed by atoms with E-state index in [-0.39, 0.29) is 0 Å². The van der Waals surface area contributed by atoms with E-state index in [0.717, 1.165) is 17.8 Å². The van der Waals surface area contributed by atoms with Crippen LogP contribution in [0.15, 0.2) is 23.8 Å². The van der Waals surface area contributed by atoms with Crippen LogP contribution in [0.5, 0.6) is 0 Å². The van der Waals surface area contributed by atoms with Crippen LogP contribution in [0, 0.1) is 40.4 Å². The van der Waals surface area contributed by atoms with Crippen molar-refractivity contribution < 1.29 is 9.90 Å². The Morgan fingerprint density at radius 3 is 2.77 bits per heavy atom. The summed E-state index contributed by atoms with van der Waals surface area (Å²) in [5.74, 6) is 2.87. The Bertz CT molecular complexity index is 632. The van der Waals surface area contributed by atoms with Gasteiger partial charge in [-0.1, -0.05) is 38.5 Å². The number of hydrogen-bond acceptors (Lipinski definition) is 1. The van der Waals surface area contributed by atoms with Crippen LogP contribution in [0.4, 0.5) is 0 Å². The van der Waals surface area contributed by atoms with Crippen molar-refractivity contribution in [1.82, 2.24) is 0 Å². The van der Waals surface area contributed by atoms with Gasteiger partial charge >= 0.3 is 5.97 Å². The highest BCUT2D eigenvalue weighted by molar-refractivity contribution is 5.79. The molecule has 3 fully saturated rings. The van der Waals surface area contributed by atoms with Crippen molar-refractivity contribution in [2.45, 2.75) is 78.6 Å². The standard InChI is InChI=1S/C24H36O2/c1-16(7-12-22(25)26)19-10-11-20-18-9-8-17-6-4-5-14-23(17,2)21(18)13-15-24(19,20)3/h6-7,12,16,18-21H,4-5,8-11,13-15H2,1-3H3,(H,25,26)/t16-,18+,19-,20+,21+,23+,24-/m1/s1. The number of rotatable bonds is 3. The highest BCUT2D eigenvalue weighted by Gasteiger charge is 2.58. The van der Waals surface area contributed by atoms with Gasteiger partial charge in [-0.2, -0.15) is 0 Å². The smallest absolute Gasteiger partial charge is 0.327 e. The maximum Gasteiger partial charge on any atom is 0.327 e. The van der Waals surface area contributed by atoms with Gasteiger partial charge in [0.25, 0.3) is 0 Å². The Morgan fingerprint density at radius 1 is 1.19 bits per heavy atom. The average molecular weight is 357 g/mol. The number of aliphatic carboxylic acids is 1. The number of fused-ring (bicyclic) bond motifs is 5. The van der Waals surface area contributed by atoms with Crippen molar-refractivity contribution >= 4 is 5.97 Å².